The molecule has 0 heterocycles. The summed E-state index contributed by atoms with van der Waals surface area (Å²) in [5.41, 5.74) is 0. The first-order valence-corrected chi connectivity index (χ1v) is 25.7. The van der Waals surface area contributed by atoms with Gasteiger partial charge in [-0.2, -0.15) is 0 Å². The summed E-state index contributed by atoms with van der Waals surface area (Å²) in [6, 6.07) is 0. The molecule has 1 atom stereocenters. The Morgan fingerprint density at radius 1 is 0.375 bits per heavy atom. The monoisotopic (exact) mass is 789 g/mol. The Hall–Kier alpha value is -1.32. The second-order valence-electron chi connectivity index (χ2n) is 17.7. The summed E-state index contributed by atoms with van der Waals surface area (Å²) in [6.07, 6.45) is 61.3. The first-order valence-electron chi connectivity index (χ1n) is 25.7. The number of rotatable bonds is 48. The molecule has 0 spiro atoms. The van der Waals surface area contributed by atoms with Crippen molar-refractivity contribution in [3.63, 3.8) is 0 Å². The Kier molecular flexibility index (Phi) is 46.9. The van der Waals surface area contributed by atoms with Gasteiger partial charge in [0.05, 0.1) is 0 Å². The highest BCUT2D eigenvalue weighted by Gasteiger charge is 2.14. The van der Waals surface area contributed by atoms with Crippen molar-refractivity contribution in [2.24, 2.45) is 0 Å². The molecule has 0 aromatic heterocycles. The second-order valence-corrected chi connectivity index (χ2v) is 17.7. The average molecular weight is 789 g/mol. The van der Waals surface area contributed by atoms with E-state index in [1.54, 1.807) is 0 Å². The summed E-state index contributed by atoms with van der Waals surface area (Å²) < 4.78 is 6.06. The van der Waals surface area contributed by atoms with Crippen molar-refractivity contribution in [3.8, 4) is 0 Å². The largest absolute Gasteiger partial charge is 0.481 e. The van der Waals surface area contributed by atoms with Crippen LogP contribution in [0.1, 0.15) is 303 Å². The molecule has 0 aromatic rings. The molecule has 332 valence electrons. The summed E-state index contributed by atoms with van der Waals surface area (Å²) >= 11 is 0. The van der Waals surface area contributed by atoms with E-state index in [0.717, 1.165) is 64.2 Å². The lowest BCUT2D eigenvalue weighted by molar-refractivity contribution is -0.150. The van der Waals surface area contributed by atoms with Crippen LogP contribution in [0.4, 0.5) is 0 Å². The number of unbranched alkanes of at least 4 members (excludes halogenated alkanes) is 37. The Bertz CT molecular complexity index is 807. The SMILES string of the molecule is CCCCCCCCCC/C=C\CCCCCCCCCCCCCC(=O)OC(CCCCCCCCCCCCCCCCC)CCCCCCCC(=O)O. The van der Waals surface area contributed by atoms with E-state index in [9.17, 15) is 9.59 Å². The van der Waals surface area contributed by atoms with Gasteiger partial charge >= 0.3 is 11.9 Å². The number of allylic oxidation sites excluding steroid dienone is 2. The summed E-state index contributed by atoms with van der Waals surface area (Å²) in [7, 11) is 0. The van der Waals surface area contributed by atoms with Crippen molar-refractivity contribution in [1.29, 1.82) is 0 Å². The number of carboxylic acids is 1. The van der Waals surface area contributed by atoms with Gasteiger partial charge in [-0.05, 0) is 64.2 Å². The van der Waals surface area contributed by atoms with Gasteiger partial charge in [-0.3, -0.25) is 9.59 Å². The minimum absolute atomic E-state index is 0.0106. The van der Waals surface area contributed by atoms with Gasteiger partial charge < -0.3 is 9.84 Å². The topological polar surface area (TPSA) is 63.6 Å². The Morgan fingerprint density at radius 2 is 0.643 bits per heavy atom. The van der Waals surface area contributed by atoms with Crippen molar-refractivity contribution in [1.82, 2.24) is 0 Å². The van der Waals surface area contributed by atoms with Crippen molar-refractivity contribution in [3.05, 3.63) is 12.2 Å². The number of ether oxygens (including phenoxy) is 1. The van der Waals surface area contributed by atoms with Crippen LogP contribution >= 0.6 is 0 Å². The third-order valence-corrected chi connectivity index (χ3v) is 12.0. The molecule has 0 radical (unpaired) electrons. The summed E-state index contributed by atoms with van der Waals surface area (Å²) in [5, 5.41) is 8.87. The molecule has 0 aliphatic carbocycles. The second kappa shape index (κ2) is 48.1. The molecule has 56 heavy (non-hydrogen) atoms. The van der Waals surface area contributed by atoms with Crippen molar-refractivity contribution >= 4 is 11.9 Å². The van der Waals surface area contributed by atoms with E-state index in [2.05, 4.69) is 26.0 Å². The fourth-order valence-corrected chi connectivity index (χ4v) is 8.18. The van der Waals surface area contributed by atoms with Gasteiger partial charge in [0, 0.05) is 12.8 Å². The number of carbonyl (C=O) groups excluding carboxylic acids is 1. The van der Waals surface area contributed by atoms with Crippen molar-refractivity contribution < 1.29 is 19.4 Å². The fraction of sp³-hybridized carbons (Fsp3) is 0.923. The Morgan fingerprint density at radius 3 is 0.964 bits per heavy atom. The lowest BCUT2D eigenvalue weighted by atomic mass is 10.0. The quantitative estimate of drug-likeness (QED) is 0.0379. The molecule has 0 aliphatic rings. The summed E-state index contributed by atoms with van der Waals surface area (Å²) in [4.78, 5) is 23.6. The van der Waals surface area contributed by atoms with Crippen molar-refractivity contribution in [2.75, 3.05) is 0 Å². The standard InChI is InChI=1S/C52H100O4/c1-3-5-7-9-11-13-15-17-19-20-21-22-23-24-25-26-28-30-32-34-36-41-45-49-52(55)56-50(47-43-39-37-40-44-48-51(53)54)46-42-38-35-33-31-29-27-18-16-14-12-10-8-6-4-2/h20-21,50H,3-19,22-49H2,1-2H3,(H,53,54)/b21-20-. The van der Waals surface area contributed by atoms with Crippen LogP contribution in [0.25, 0.3) is 0 Å². The minimum Gasteiger partial charge on any atom is -0.481 e. The highest BCUT2D eigenvalue weighted by atomic mass is 16.5. The molecule has 0 fully saturated rings. The highest BCUT2D eigenvalue weighted by molar-refractivity contribution is 5.69. The molecular weight excluding hydrogens is 689 g/mol. The van der Waals surface area contributed by atoms with Crippen LogP contribution in [0.2, 0.25) is 0 Å². The molecule has 0 amide bonds. The first kappa shape index (κ1) is 54.7. The number of aliphatic carboxylic acids is 1. The third-order valence-electron chi connectivity index (χ3n) is 12.0. The normalized spacial score (nSPS) is 12.2. The van der Waals surface area contributed by atoms with Crippen LogP contribution < -0.4 is 0 Å². The predicted octanol–water partition coefficient (Wildman–Crippen LogP) is 18.1. The van der Waals surface area contributed by atoms with E-state index in [4.69, 9.17) is 9.84 Å². The maximum atomic E-state index is 12.8. The van der Waals surface area contributed by atoms with Crippen LogP contribution in [0.15, 0.2) is 12.2 Å². The maximum absolute atomic E-state index is 12.8. The van der Waals surface area contributed by atoms with Gasteiger partial charge in [0.25, 0.3) is 0 Å². The Labute approximate surface area is 351 Å². The van der Waals surface area contributed by atoms with Gasteiger partial charge in [0.1, 0.15) is 6.10 Å². The number of hydrogen-bond donors (Lipinski definition) is 1. The molecule has 0 aromatic carbocycles. The van der Waals surface area contributed by atoms with Crippen LogP contribution in [-0.2, 0) is 14.3 Å². The van der Waals surface area contributed by atoms with E-state index < -0.39 is 5.97 Å². The van der Waals surface area contributed by atoms with Crippen LogP contribution in [0.3, 0.4) is 0 Å². The number of esters is 1. The molecule has 0 rings (SSSR count). The van der Waals surface area contributed by atoms with Gasteiger partial charge in [-0.1, -0.05) is 238 Å². The smallest absolute Gasteiger partial charge is 0.306 e. The maximum Gasteiger partial charge on any atom is 0.306 e. The molecule has 0 bridgehead atoms. The zero-order chi connectivity index (χ0) is 40.7. The third kappa shape index (κ3) is 47.1. The van der Waals surface area contributed by atoms with Crippen LogP contribution in [0, 0.1) is 0 Å². The van der Waals surface area contributed by atoms with Gasteiger partial charge in [0.2, 0.25) is 0 Å². The first-order chi connectivity index (χ1) is 27.6. The van der Waals surface area contributed by atoms with E-state index in [0.29, 0.717) is 6.42 Å². The summed E-state index contributed by atoms with van der Waals surface area (Å²) in [6.45, 7) is 4.58. The zero-order valence-electron chi connectivity index (χ0n) is 38.2. The molecule has 4 nitrogen and oxygen atoms in total. The van der Waals surface area contributed by atoms with Crippen LogP contribution in [0.5, 0.6) is 0 Å². The van der Waals surface area contributed by atoms with E-state index in [1.165, 1.54) is 212 Å². The van der Waals surface area contributed by atoms with Gasteiger partial charge in [-0.25, -0.2) is 0 Å². The molecule has 0 saturated heterocycles. The molecule has 1 unspecified atom stereocenters. The zero-order valence-corrected chi connectivity index (χ0v) is 38.2. The molecular formula is C52H100O4. The number of carboxylic acid groups (broad SMARTS) is 1. The fourth-order valence-electron chi connectivity index (χ4n) is 8.18. The van der Waals surface area contributed by atoms with Crippen molar-refractivity contribution in [2.45, 2.75) is 309 Å². The lowest BCUT2D eigenvalue weighted by Gasteiger charge is -2.18. The molecule has 0 aliphatic heterocycles. The average Bonchev–Trinajstić information content (AvgIpc) is 3.19. The lowest BCUT2D eigenvalue weighted by Crippen LogP contribution is -2.18. The highest BCUT2D eigenvalue weighted by Crippen LogP contribution is 2.20. The minimum atomic E-state index is -0.695. The molecule has 4 heteroatoms. The van der Waals surface area contributed by atoms with E-state index in [-0.39, 0.29) is 18.5 Å². The van der Waals surface area contributed by atoms with Gasteiger partial charge in [-0.15, -0.1) is 0 Å². The molecule has 0 saturated carbocycles. The van der Waals surface area contributed by atoms with E-state index in [1.807, 2.05) is 0 Å². The predicted molar refractivity (Wildman–Crippen MR) is 246 cm³/mol. The van der Waals surface area contributed by atoms with E-state index >= 15 is 0 Å². The number of carbonyl (C=O) groups is 2. The van der Waals surface area contributed by atoms with Gasteiger partial charge in [0.15, 0.2) is 0 Å². The number of hydrogen-bond acceptors (Lipinski definition) is 3. The molecule has 1 N–H and O–H groups in total. The van der Waals surface area contributed by atoms with Crippen LogP contribution in [-0.4, -0.2) is 23.1 Å². The Balaban J connectivity index is 3.87. The summed E-state index contributed by atoms with van der Waals surface area (Å²) in [5.74, 6) is -0.684.